The predicted octanol–water partition coefficient (Wildman–Crippen LogP) is 2.45. The smallest absolute Gasteiger partial charge is 0.312 e. The lowest BCUT2D eigenvalue weighted by Gasteiger charge is -2.08. The molecule has 24 heavy (non-hydrogen) atoms. The fraction of sp³-hybridized carbons (Fsp3) is 0.0500. The summed E-state index contributed by atoms with van der Waals surface area (Å²) in [6.07, 6.45) is 5.60. The highest BCUT2D eigenvalue weighted by Gasteiger charge is 2.20. The van der Waals surface area contributed by atoms with Gasteiger partial charge in [-0.15, -0.1) is 0 Å². The summed E-state index contributed by atoms with van der Waals surface area (Å²) in [5, 5.41) is 5.97. The normalized spacial score (nSPS) is 16.3. The van der Waals surface area contributed by atoms with Crippen LogP contribution in [0.5, 0.6) is 0 Å². The van der Waals surface area contributed by atoms with Crippen LogP contribution in [0.25, 0.3) is 5.57 Å². The number of allylic oxidation sites excluding steroid dienone is 4. The van der Waals surface area contributed by atoms with Gasteiger partial charge in [-0.05, 0) is 37.3 Å². The molecule has 4 heteroatoms. The summed E-state index contributed by atoms with van der Waals surface area (Å²) in [6.45, 7) is 1.97. The Morgan fingerprint density at radius 2 is 1.88 bits per heavy atom. The summed E-state index contributed by atoms with van der Waals surface area (Å²) < 4.78 is 0. The second-order valence-electron chi connectivity index (χ2n) is 5.64. The highest BCUT2D eigenvalue weighted by Crippen LogP contribution is 2.21. The lowest BCUT2D eigenvalue weighted by molar-refractivity contribution is 0.0517. The third-order valence-electron chi connectivity index (χ3n) is 3.95. The number of nitrogens with zero attached hydrogens (tertiary/aromatic N) is 2. The third kappa shape index (κ3) is 2.48. The summed E-state index contributed by atoms with van der Waals surface area (Å²) >= 11 is 0. The van der Waals surface area contributed by atoms with E-state index in [0.29, 0.717) is 11.3 Å². The number of rotatable bonds is 2. The minimum Gasteiger partial charge on any atom is -0.312 e. The molecule has 0 saturated carbocycles. The minimum atomic E-state index is -0.476. The van der Waals surface area contributed by atoms with Gasteiger partial charge in [-0.2, -0.15) is 0 Å². The van der Waals surface area contributed by atoms with Crippen LogP contribution < -0.4 is 10.6 Å². The first-order valence-electron chi connectivity index (χ1n) is 7.65. The molecule has 0 aromatic heterocycles. The fourth-order valence-electron chi connectivity index (χ4n) is 2.72. The fourth-order valence-corrected chi connectivity index (χ4v) is 2.72. The van der Waals surface area contributed by atoms with Crippen LogP contribution in [0.2, 0.25) is 0 Å². The molecule has 2 aromatic rings. The van der Waals surface area contributed by atoms with Crippen LogP contribution in [0.3, 0.4) is 0 Å². The van der Waals surface area contributed by atoms with Gasteiger partial charge < -0.3 is 4.84 Å². The number of carbonyl (C=O) groups excluding carboxylic acids is 1. The van der Waals surface area contributed by atoms with E-state index >= 15 is 0 Å². The Labute approximate surface area is 138 Å². The van der Waals surface area contributed by atoms with E-state index in [-0.39, 0.29) is 0 Å². The standard InChI is InChI=1S/C20H14N2O2/c1-13-9-11-14(12-10-13)20(23)24-22-18-8-4-7-17-19(18)15-5-2-3-6-16(15)21-17/h2-12H,1H3. The number of hydrogen-bond acceptors (Lipinski definition) is 4. The quantitative estimate of drug-likeness (QED) is 0.631. The molecule has 2 aromatic carbocycles. The SMILES string of the molecule is Cc1ccc(C(=O)ON=C2C=CC=C3N=c4ccccc4=C32)cc1. The summed E-state index contributed by atoms with van der Waals surface area (Å²) in [7, 11) is 0. The van der Waals surface area contributed by atoms with E-state index < -0.39 is 5.97 Å². The second-order valence-corrected chi connectivity index (χ2v) is 5.64. The van der Waals surface area contributed by atoms with Gasteiger partial charge in [-0.1, -0.05) is 47.1 Å². The van der Waals surface area contributed by atoms with Crippen molar-refractivity contribution in [3.05, 3.63) is 94.2 Å². The summed E-state index contributed by atoms with van der Waals surface area (Å²) in [5.41, 5.74) is 3.89. The van der Waals surface area contributed by atoms with Gasteiger partial charge in [0.15, 0.2) is 0 Å². The molecule has 0 spiro atoms. The molecular formula is C20H14N2O2. The lowest BCUT2D eigenvalue weighted by Crippen LogP contribution is -2.24. The maximum absolute atomic E-state index is 12.1. The number of benzene rings is 2. The van der Waals surface area contributed by atoms with Crippen molar-refractivity contribution in [2.45, 2.75) is 6.92 Å². The molecule has 1 aliphatic carbocycles. The Morgan fingerprint density at radius 1 is 1.08 bits per heavy atom. The molecule has 4 rings (SSSR count). The number of carbonyl (C=O) groups is 1. The van der Waals surface area contributed by atoms with Crippen molar-refractivity contribution in [3.8, 4) is 0 Å². The Hall–Kier alpha value is -3.27. The highest BCUT2D eigenvalue weighted by atomic mass is 16.7. The lowest BCUT2D eigenvalue weighted by atomic mass is 10.0. The van der Waals surface area contributed by atoms with E-state index in [1.807, 2.05) is 61.5 Å². The van der Waals surface area contributed by atoms with Crippen molar-refractivity contribution < 1.29 is 9.63 Å². The van der Waals surface area contributed by atoms with Gasteiger partial charge in [0, 0.05) is 10.8 Å². The molecule has 0 bridgehead atoms. The Morgan fingerprint density at radius 3 is 2.71 bits per heavy atom. The molecule has 1 heterocycles. The molecule has 4 nitrogen and oxygen atoms in total. The van der Waals surface area contributed by atoms with Gasteiger partial charge in [0.1, 0.15) is 5.71 Å². The van der Waals surface area contributed by atoms with E-state index in [9.17, 15) is 4.79 Å². The van der Waals surface area contributed by atoms with Gasteiger partial charge in [0.2, 0.25) is 0 Å². The largest absolute Gasteiger partial charge is 0.365 e. The average molecular weight is 314 g/mol. The third-order valence-corrected chi connectivity index (χ3v) is 3.95. The van der Waals surface area contributed by atoms with Crippen molar-refractivity contribution in [3.63, 3.8) is 0 Å². The first-order valence-corrected chi connectivity index (χ1v) is 7.65. The molecule has 116 valence electrons. The average Bonchev–Trinajstić information content (AvgIpc) is 2.99. The summed E-state index contributed by atoms with van der Waals surface area (Å²) in [4.78, 5) is 21.8. The molecule has 0 amide bonds. The van der Waals surface area contributed by atoms with Gasteiger partial charge in [0.25, 0.3) is 0 Å². The molecule has 0 saturated heterocycles. The van der Waals surface area contributed by atoms with Crippen LogP contribution >= 0.6 is 0 Å². The number of para-hydroxylation sites is 1. The molecule has 2 aliphatic rings. The zero-order valence-electron chi connectivity index (χ0n) is 13.1. The maximum atomic E-state index is 12.1. The Balaban J connectivity index is 1.68. The van der Waals surface area contributed by atoms with Crippen LogP contribution in [0.1, 0.15) is 15.9 Å². The van der Waals surface area contributed by atoms with Gasteiger partial charge in [-0.25, -0.2) is 9.79 Å². The zero-order valence-corrected chi connectivity index (χ0v) is 13.1. The Bertz CT molecular complexity index is 1040. The second kappa shape index (κ2) is 5.74. The van der Waals surface area contributed by atoms with Crippen molar-refractivity contribution in [2.24, 2.45) is 10.1 Å². The van der Waals surface area contributed by atoms with Crippen LogP contribution in [0, 0.1) is 6.92 Å². The van der Waals surface area contributed by atoms with E-state index in [1.165, 1.54) is 0 Å². The van der Waals surface area contributed by atoms with Crippen LogP contribution in [0.4, 0.5) is 0 Å². The van der Waals surface area contributed by atoms with Crippen LogP contribution in [0.15, 0.2) is 82.6 Å². The van der Waals surface area contributed by atoms with E-state index in [0.717, 1.165) is 27.4 Å². The zero-order chi connectivity index (χ0) is 16.5. The Kier molecular flexibility index (Phi) is 3.43. The van der Waals surface area contributed by atoms with E-state index in [1.54, 1.807) is 12.1 Å². The molecule has 0 unspecified atom stereocenters. The monoisotopic (exact) mass is 314 g/mol. The maximum Gasteiger partial charge on any atom is 0.365 e. The van der Waals surface area contributed by atoms with Gasteiger partial charge in [0.05, 0.1) is 16.6 Å². The first-order chi connectivity index (χ1) is 11.7. The highest BCUT2D eigenvalue weighted by molar-refractivity contribution is 6.30. The molecule has 0 fully saturated rings. The van der Waals surface area contributed by atoms with Crippen LogP contribution in [-0.4, -0.2) is 11.7 Å². The van der Waals surface area contributed by atoms with E-state index in [4.69, 9.17) is 4.84 Å². The summed E-state index contributed by atoms with van der Waals surface area (Å²) in [6, 6.07) is 15.0. The number of oxime groups is 1. The minimum absolute atomic E-state index is 0.474. The molecule has 1 aliphatic heterocycles. The van der Waals surface area contributed by atoms with E-state index in [2.05, 4.69) is 10.1 Å². The number of aryl methyl sites for hydroxylation is 1. The number of fused-ring (bicyclic) bond motifs is 2. The van der Waals surface area contributed by atoms with Crippen molar-refractivity contribution in [1.82, 2.24) is 0 Å². The molecular weight excluding hydrogens is 300 g/mol. The molecule has 0 N–H and O–H groups in total. The topological polar surface area (TPSA) is 51.0 Å². The van der Waals surface area contributed by atoms with Crippen molar-refractivity contribution >= 4 is 17.3 Å². The predicted molar refractivity (Wildman–Crippen MR) is 91.9 cm³/mol. The van der Waals surface area contributed by atoms with Gasteiger partial charge in [-0.3, -0.25) is 0 Å². The van der Waals surface area contributed by atoms with Crippen molar-refractivity contribution in [2.75, 3.05) is 0 Å². The molecule has 0 atom stereocenters. The number of hydrogen-bond donors (Lipinski definition) is 0. The molecule has 0 radical (unpaired) electrons. The first kappa shape index (κ1) is 14.3. The van der Waals surface area contributed by atoms with Crippen LogP contribution in [-0.2, 0) is 4.84 Å². The van der Waals surface area contributed by atoms with Crippen molar-refractivity contribution in [1.29, 1.82) is 0 Å². The summed E-state index contributed by atoms with van der Waals surface area (Å²) in [5.74, 6) is -0.476. The van der Waals surface area contributed by atoms with Gasteiger partial charge >= 0.3 is 5.97 Å².